The van der Waals surface area contributed by atoms with Crippen LogP contribution in [0.2, 0.25) is 0 Å². The predicted octanol–water partition coefficient (Wildman–Crippen LogP) is 11.1. The highest BCUT2D eigenvalue weighted by molar-refractivity contribution is 6.65. The Morgan fingerprint density at radius 3 is 1.21 bits per heavy atom. The molecule has 0 amide bonds. The number of nitrogens with zero attached hydrogens (tertiary/aromatic N) is 1. The number of nitro groups is 1. The number of carbonyl (C=O) groups excluding carboxylic acids is 3. The van der Waals surface area contributed by atoms with Crippen LogP contribution in [-0.2, 0) is 52.6 Å². The van der Waals surface area contributed by atoms with Crippen LogP contribution in [0, 0.1) is 45.0 Å². The maximum absolute atomic E-state index is 14.6. The molecule has 9 aromatic carbocycles. The number of phenolic OH excluding ortho intramolecular Hbond substituents is 5. The van der Waals surface area contributed by atoms with Crippen molar-refractivity contribution in [2.75, 3.05) is 65.9 Å². The van der Waals surface area contributed by atoms with Crippen molar-refractivity contribution in [3.63, 3.8) is 0 Å². The molecule has 2 unspecified atom stereocenters. The quantitative estimate of drug-likeness (QED) is 0.00360. The second kappa shape index (κ2) is 48.2. The Bertz CT molecular complexity index is 4640. The highest BCUT2D eigenvalue weighted by atomic mass is 35.5. The molecule has 3 aliphatic rings. The average molecular weight is 1670 g/mol. The van der Waals surface area contributed by atoms with Crippen LogP contribution in [0.3, 0.4) is 0 Å². The SMILES string of the molecule is CC1(C)OB(c2c(C=O)ccc(F)c2OCCCOCc2ccccc2)OC1(C)C.Cl.NCC1OB(O)c2c1ccc(F)c2OCCCO.O=Cc1ccc(F)c(O)c1O.O=Cc1ccc(F)c(OCCCOCc2ccccc2)c1O.O=[N+]([O-])CC1OB(O)c2c1ccc(F)c2OCCCOCc1ccccc1.Oc1cccc(F)c1O. The molecule has 0 aromatic heterocycles. The maximum atomic E-state index is 14.6. The van der Waals surface area contributed by atoms with Gasteiger partial charge in [-0.2, -0.15) is 0 Å². The second-order valence-electron chi connectivity index (χ2n) is 26.7. The van der Waals surface area contributed by atoms with E-state index in [2.05, 4.69) is 0 Å². The largest absolute Gasteiger partial charge is 0.504 e. The molecule has 0 bridgehead atoms. The van der Waals surface area contributed by atoms with Gasteiger partial charge in [-0.05, 0) is 116 Å². The fraction of sp³-hybridized carbons (Fsp3) is 0.305. The van der Waals surface area contributed by atoms with Crippen molar-refractivity contribution < 1.29 is 138 Å². The van der Waals surface area contributed by atoms with E-state index >= 15 is 0 Å². The van der Waals surface area contributed by atoms with Crippen molar-refractivity contribution in [1.82, 2.24) is 0 Å². The lowest BCUT2D eigenvalue weighted by molar-refractivity contribution is -0.490. The van der Waals surface area contributed by atoms with Crippen molar-refractivity contribution in [3.05, 3.63) is 259 Å². The zero-order valence-electron chi connectivity index (χ0n) is 64.6. The Hall–Kier alpha value is -10.8. The molecule has 26 nitrogen and oxygen atoms in total. The number of aromatic hydroxyl groups is 5. The number of rotatable bonds is 32. The normalized spacial score (nSPS) is 14.2. The van der Waals surface area contributed by atoms with Crippen molar-refractivity contribution in [1.29, 1.82) is 0 Å². The number of halogens is 7. The molecule has 0 saturated carbocycles. The summed E-state index contributed by atoms with van der Waals surface area (Å²) in [6, 6.07) is 45.2. The number of carbonyl (C=O) groups is 3. The van der Waals surface area contributed by atoms with E-state index in [0.29, 0.717) is 101 Å². The van der Waals surface area contributed by atoms with E-state index < -0.39 is 120 Å². The number of phenols is 5. The topological polar surface area (TPSA) is 384 Å². The van der Waals surface area contributed by atoms with Crippen LogP contribution in [0.4, 0.5) is 26.3 Å². The third kappa shape index (κ3) is 27.7. The molecule has 0 radical (unpaired) electrons. The van der Waals surface area contributed by atoms with Gasteiger partial charge in [0.25, 0.3) is 0 Å². The minimum Gasteiger partial charge on any atom is -0.504 e. The van der Waals surface area contributed by atoms with Crippen molar-refractivity contribution in [2.24, 2.45) is 5.73 Å². The molecule has 118 heavy (non-hydrogen) atoms. The van der Waals surface area contributed by atoms with Gasteiger partial charge in [0.15, 0.2) is 99.2 Å². The first-order valence-electron chi connectivity index (χ1n) is 36.6. The minimum absolute atomic E-state index is 0. The van der Waals surface area contributed by atoms with Gasteiger partial charge >= 0.3 is 21.4 Å². The molecular formula is C82H90B3ClF6N2O24. The smallest absolute Gasteiger partial charge is 0.499 e. The van der Waals surface area contributed by atoms with Gasteiger partial charge < -0.3 is 98.2 Å². The maximum Gasteiger partial charge on any atom is 0.499 e. The molecule has 1 saturated heterocycles. The lowest BCUT2D eigenvalue weighted by Gasteiger charge is -2.32. The molecule has 36 heteroatoms. The average Bonchev–Trinajstić information content (AvgIpc) is 1.62. The van der Waals surface area contributed by atoms with Crippen molar-refractivity contribution >= 4 is 69.0 Å². The van der Waals surface area contributed by atoms with E-state index in [9.17, 15) is 66.0 Å². The van der Waals surface area contributed by atoms with Gasteiger partial charge in [0.2, 0.25) is 6.54 Å². The molecule has 0 aliphatic carbocycles. The summed E-state index contributed by atoms with van der Waals surface area (Å²) >= 11 is 0. The van der Waals surface area contributed by atoms with E-state index in [1.54, 1.807) is 0 Å². The van der Waals surface area contributed by atoms with Crippen LogP contribution in [0.25, 0.3) is 0 Å². The fourth-order valence-electron chi connectivity index (χ4n) is 11.1. The van der Waals surface area contributed by atoms with Gasteiger partial charge in [0, 0.05) is 65.7 Å². The predicted molar refractivity (Wildman–Crippen MR) is 425 cm³/mol. The highest BCUT2D eigenvalue weighted by Crippen LogP contribution is 2.39. The third-order valence-corrected chi connectivity index (χ3v) is 17.9. The summed E-state index contributed by atoms with van der Waals surface area (Å²) in [6.45, 7) is 10.8. The van der Waals surface area contributed by atoms with Crippen molar-refractivity contribution in [2.45, 2.75) is 96.6 Å². The lowest BCUT2D eigenvalue weighted by Crippen LogP contribution is -2.41. The number of aldehydes is 3. The van der Waals surface area contributed by atoms with E-state index in [1.807, 2.05) is 119 Å². The number of benzene rings is 9. The molecule has 0 spiro atoms. The van der Waals surface area contributed by atoms with E-state index in [4.69, 9.17) is 83.0 Å². The zero-order chi connectivity index (χ0) is 85.2. The number of aliphatic hydroxyl groups excluding tert-OH is 1. The molecule has 12 rings (SSSR count). The first-order valence-corrected chi connectivity index (χ1v) is 36.6. The summed E-state index contributed by atoms with van der Waals surface area (Å²) in [5.41, 5.74) is 9.36. The highest BCUT2D eigenvalue weighted by Gasteiger charge is 2.53. The van der Waals surface area contributed by atoms with E-state index in [1.165, 1.54) is 48.5 Å². The molecule has 10 N–H and O–H groups in total. The van der Waals surface area contributed by atoms with Crippen LogP contribution in [0.5, 0.6) is 51.7 Å². The van der Waals surface area contributed by atoms with Gasteiger partial charge in [0.05, 0.1) is 94.5 Å². The van der Waals surface area contributed by atoms with Crippen LogP contribution >= 0.6 is 12.4 Å². The molecule has 1 fully saturated rings. The first-order chi connectivity index (χ1) is 56.1. The number of fused-ring (bicyclic) bond motifs is 2. The van der Waals surface area contributed by atoms with E-state index in [0.717, 1.165) is 47.0 Å². The summed E-state index contributed by atoms with van der Waals surface area (Å²) in [6.07, 6.45) is 2.08. The molecular weight excluding hydrogens is 1580 g/mol. The van der Waals surface area contributed by atoms with E-state index in [-0.39, 0.29) is 103 Å². The molecule has 2 atom stereocenters. The Morgan fingerprint density at radius 1 is 0.441 bits per heavy atom. The Balaban J connectivity index is 0.000000228. The number of para-hydroxylation sites is 1. The molecule has 3 heterocycles. The number of nitrogens with two attached hydrogens (primary N) is 1. The Kier molecular flexibility index (Phi) is 39.2. The zero-order valence-corrected chi connectivity index (χ0v) is 65.4. The van der Waals surface area contributed by atoms with Crippen LogP contribution in [-0.4, -0.2) is 163 Å². The van der Waals surface area contributed by atoms with Gasteiger partial charge in [0.1, 0.15) is 12.4 Å². The summed E-state index contributed by atoms with van der Waals surface area (Å²) in [7, 11) is -3.58. The lowest BCUT2D eigenvalue weighted by atomic mass is 9.75. The van der Waals surface area contributed by atoms with Crippen molar-refractivity contribution in [3.8, 4) is 51.7 Å². The number of aliphatic hydroxyl groups is 1. The standard InChI is InChI=1S/C23H28BFO5.C18H19BFNO6.C17H17FO4.C11H15BFNO4.C7H5FO3.C6H5FO2.ClH/c1-22(2)23(3,4)30-24(29-22)20-18(15-26)11-12-19(25)21(20)28-14-8-13-27-16-17-9-6-5-7-10-17;20-15-8-7-14-16(11-21(23)24)27-19(22)17(14)18(15)26-10-4-9-25-12-13-5-2-1-3-6-13;18-15-8-7-14(11-19)16(20)17(15)22-10-4-9-21-12-13-5-2-1-3-6-13;13-8-3-2-7-9(6-14)18-12(16)10(7)11(8)17-5-1-4-15;8-5-2-1-4(3-9)6(10)7(5)11;7-4-2-1-3-5(8)6(4)9;/h5-7,9-12,15H,8,13-14,16H2,1-4H3;1-3,5-8,16,22H,4,9-12H2;1-3,5-8,11,20H,4,9-10,12H2;2-3,9,15-16H,1,4-6,14H2;1-3,10-11H;1-3,8-9H;1H. The summed E-state index contributed by atoms with van der Waals surface area (Å²) in [4.78, 5) is 42.6. The van der Waals surface area contributed by atoms with Gasteiger partial charge in [-0.15, -0.1) is 12.4 Å². The summed E-state index contributed by atoms with van der Waals surface area (Å²) < 4.78 is 141. The molecule has 3 aliphatic heterocycles. The molecule has 9 aromatic rings. The van der Waals surface area contributed by atoms with Gasteiger partial charge in [-0.1, -0.05) is 109 Å². The molecule has 630 valence electrons. The fourth-order valence-corrected chi connectivity index (χ4v) is 11.1. The third-order valence-electron chi connectivity index (χ3n) is 17.9. The Labute approximate surface area is 683 Å². The van der Waals surface area contributed by atoms with Crippen LogP contribution in [0.1, 0.15) is 124 Å². The van der Waals surface area contributed by atoms with Gasteiger partial charge in [-0.25, -0.2) is 26.3 Å². The van der Waals surface area contributed by atoms with Crippen LogP contribution in [0.15, 0.2) is 170 Å². The summed E-state index contributed by atoms with van der Waals surface area (Å²) in [5, 5.41) is 83.7. The monoisotopic (exact) mass is 1670 g/mol. The first kappa shape index (κ1) is 96.1. The van der Waals surface area contributed by atoms with Crippen LogP contribution < -0.4 is 41.1 Å². The number of hydrogen-bond donors (Lipinski definition) is 9. The second-order valence-corrected chi connectivity index (χ2v) is 26.7. The summed E-state index contributed by atoms with van der Waals surface area (Å²) in [5.74, 6) is -7.92. The number of hydrogen-bond acceptors (Lipinski definition) is 25. The number of ether oxygens (including phenoxy) is 7. The minimum atomic E-state index is -1.45. The Morgan fingerprint density at radius 2 is 0.805 bits per heavy atom. The van der Waals surface area contributed by atoms with Gasteiger partial charge in [-0.3, -0.25) is 24.5 Å².